The van der Waals surface area contributed by atoms with Gasteiger partial charge in [-0.15, -0.1) is 0 Å². The molecule has 1 fully saturated rings. The van der Waals surface area contributed by atoms with Gasteiger partial charge in [0.05, 0.1) is 17.9 Å². The van der Waals surface area contributed by atoms with E-state index in [0.29, 0.717) is 35.4 Å². The summed E-state index contributed by atoms with van der Waals surface area (Å²) in [4.78, 5) is 36.5. The van der Waals surface area contributed by atoms with E-state index >= 15 is 0 Å². The normalized spacial score (nSPS) is 15.8. The fourth-order valence-corrected chi connectivity index (χ4v) is 4.67. The molecule has 8 nitrogen and oxygen atoms in total. The van der Waals surface area contributed by atoms with Crippen molar-refractivity contribution in [1.82, 2.24) is 29.8 Å². The number of nitrogens with one attached hydrogen (secondary N) is 1. The molecule has 1 atom stereocenters. The molecule has 0 aliphatic carbocycles. The van der Waals surface area contributed by atoms with Crippen LogP contribution in [0.4, 0.5) is 4.39 Å². The van der Waals surface area contributed by atoms with Crippen LogP contribution in [0.1, 0.15) is 63.0 Å². The second-order valence-corrected chi connectivity index (χ2v) is 8.60. The van der Waals surface area contributed by atoms with Gasteiger partial charge in [-0.05, 0) is 55.2 Å². The van der Waals surface area contributed by atoms with Crippen LogP contribution < -0.4 is 5.32 Å². The van der Waals surface area contributed by atoms with E-state index in [1.54, 1.807) is 42.2 Å². The van der Waals surface area contributed by atoms with E-state index in [4.69, 9.17) is 0 Å². The second-order valence-electron chi connectivity index (χ2n) is 8.60. The Morgan fingerprint density at radius 1 is 1.11 bits per heavy atom. The van der Waals surface area contributed by atoms with Crippen LogP contribution in [0, 0.1) is 5.82 Å². The molecule has 1 N–H and O–H groups in total. The molecule has 2 amide bonds. The van der Waals surface area contributed by atoms with Crippen molar-refractivity contribution in [1.29, 1.82) is 0 Å². The van der Waals surface area contributed by atoms with Crippen molar-refractivity contribution in [2.45, 2.75) is 31.7 Å². The van der Waals surface area contributed by atoms with Crippen LogP contribution in [0.15, 0.2) is 61.1 Å². The van der Waals surface area contributed by atoms with Crippen molar-refractivity contribution in [2.75, 3.05) is 13.6 Å². The zero-order valence-electron chi connectivity index (χ0n) is 19.3. The van der Waals surface area contributed by atoms with Gasteiger partial charge in [0.2, 0.25) is 0 Å². The standard InChI is InChI=1S/C26H25FN6O2/c1-28-25(34)21-16-31-33-23(9-11-30-24(21)33)22-7-2-3-12-32(22)26(35)18-8-10-29-20(15-18)14-17-5-4-6-19(27)13-17/h4-6,8-11,13,15-16,22H,2-3,7,12,14H2,1H3,(H,28,34)/t22-/m0/s1. The molecule has 35 heavy (non-hydrogen) atoms. The summed E-state index contributed by atoms with van der Waals surface area (Å²) in [6.07, 6.45) is 7.86. The number of benzene rings is 1. The predicted molar refractivity (Wildman–Crippen MR) is 127 cm³/mol. The SMILES string of the molecule is CNC(=O)c1cnn2c([C@@H]3CCCCN3C(=O)c3ccnc(Cc4cccc(F)c4)c3)ccnc12. The predicted octanol–water partition coefficient (Wildman–Crippen LogP) is 3.58. The molecule has 0 spiro atoms. The topological polar surface area (TPSA) is 92.5 Å². The van der Waals surface area contributed by atoms with Gasteiger partial charge in [0.15, 0.2) is 5.65 Å². The lowest BCUT2D eigenvalue weighted by atomic mass is 9.97. The quantitative estimate of drug-likeness (QED) is 0.479. The highest BCUT2D eigenvalue weighted by Crippen LogP contribution is 2.32. The van der Waals surface area contributed by atoms with Crippen molar-refractivity contribution in [3.8, 4) is 0 Å². The minimum atomic E-state index is -0.298. The first-order valence-corrected chi connectivity index (χ1v) is 11.6. The summed E-state index contributed by atoms with van der Waals surface area (Å²) < 4.78 is 15.2. The largest absolute Gasteiger partial charge is 0.355 e. The highest BCUT2D eigenvalue weighted by atomic mass is 19.1. The minimum absolute atomic E-state index is 0.0961. The van der Waals surface area contributed by atoms with E-state index in [2.05, 4.69) is 20.4 Å². The van der Waals surface area contributed by atoms with Gasteiger partial charge in [0.1, 0.15) is 11.4 Å². The summed E-state index contributed by atoms with van der Waals surface area (Å²) in [5, 5.41) is 7.02. The van der Waals surface area contributed by atoms with Crippen LogP contribution in [-0.2, 0) is 6.42 Å². The van der Waals surface area contributed by atoms with Crippen molar-refractivity contribution >= 4 is 17.5 Å². The van der Waals surface area contributed by atoms with Gasteiger partial charge >= 0.3 is 0 Å². The van der Waals surface area contributed by atoms with Gasteiger partial charge in [0, 0.05) is 43.7 Å². The number of carbonyl (C=O) groups is 2. The van der Waals surface area contributed by atoms with E-state index < -0.39 is 0 Å². The molecule has 4 aromatic rings. The molecular weight excluding hydrogens is 447 g/mol. The Labute approximate surface area is 201 Å². The first kappa shape index (κ1) is 22.6. The smallest absolute Gasteiger partial charge is 0.256 e. The first-order chi connectivity index (χ1) is 17.0. The van der Waals surface area contributed by atoms with E-state index in [0.717, 1.165) is 30.5 Å². The molecule has 5 rings (SSSR count). The summed E-state index contributed by atoms with van der Waals surface area (Å²) >= 11 is 0. The number of likely N-dealkylation sites (tertiary alicyclic amines) is 1. The van der Waals surface area contributed by atoms with Gasteiger partial charge in [0.25, 0.3) is 11.8 Å². The number of aromatic nitrogens is 4. The summed E-state index contributed by atoms with van der Waals surface area (Å²) in [6, 6.07) is 11.5. The van der Waals surface area contributed by atoms with Gasteiger partial charge in [-0.2, -0.15) is 5.10 Å². The highest BCUT2D eigenvalue weighted by Gasteiger charge is 2.31. The molecule has 0 radical (unpaired) electrons. The molecular formula is C26H25FN6O2. The number of carbonyl (C=O) groups excluding carboxylic acids is 2. The lowest BCUT2D eigenvalue weighted by Gasteiger charge is -2.36. The number of amides is 2. The molecule has 3 aromatic heterocycles. The number of hydrogen-bond acceptors (Lipinski definition) is 5. The Kier molecular flexibility index (Phi) is 6.22. The molecule has 178 valence electrons. The molecule has 0 unspecified atom stereocenters. The summed E-state index contributed by atoms with van der Waals surface area (Å²) in [7, 11) is 1.56. The van der Waals surface area contributed by atoms with Crippen LogP contribution in [-0.4, -0.2) is 49.9 Å². The van der Waals surface area contributed by atoms with Gasteiger partial charge in [-0.3, -0.25) is 14.6 Å². The average molecular weight is 473 g/mol. The van der Waals surface area contributed by atoms with Gasteiger partial charge < -0.3 is 10.2 Å². The third-order valence-corrected chi connectivity index (χ3v) is 6.35. The van der Waals surface area contributed by atoms with Crippen molar-refractivity contribution in [3.05, 3.63) is 95.0 Å². The van der Waals surface area contributed by atoms with Crippen molar-refractivity contribution in [3.63, 3.8) is 0 Å². The maximum Gasteiger partial charge on any atom is 0.256 e. The zero-order chi connectivity index (χ0) is 24.4. The van der Waals surface area contributed by atoms with Crippen molar-refractivity contribution in [2.24, 2.45) is 0 Å². The van der Waals surface area contributed by atoms with E-state index in [-0.39, 0.29) is 23.7 Å². The lowest BCUT2D eigenvalue weighted by molar-refractivity contribution is 0.0602. The van der Waals surface area contributed by atoms with Crippen LogP contribution in [0.3, 0.4) is 0 Å². The maximum atomic E-state index is 13.7. The van der Waals surface area contributed by atoms with E-state index in [1.165, 1.54) is 18.3 Å². The molecule has 0 bridgehead atoms. The molecule has 1 saturated heterocycles. The number of rotatable bonds is 5. The monoisotopic (exact) mass is 472 g/mol. The third-order valence-electron chi connectivity index (χ3n) is 6.35. The number of fused-ring (bicyclic) bond motifs is 1. The van der Waals surface area contributed by atoms with Gasteiger partial charge in [-0.1, -0.05) is 12.1 Å². The number of hydrogen-bond donors (Lipinski definition) is 1. The summed E-state index contributed by atoms with van der Waals surface area (Å²) in [5.74, 6) is -0.655. The van der Waals surface area contributed by atoms with E-state index in [9.17, 15) is 14.0 Å². The summed E-state index contributed by atoms with van der Waals surface area (Å²) in [5.41, 5.74) is 3.69. The Morgan fingerprint density at radius 2 is 1.97 bits per heavy atom. The maximum absolute atomic E-state index is 13.7. The minimum Gasteiger partial charge on any atom is -0.355 e. The summed E-state index contributed by atoms with van der Waals surface area (Å²) in [6.45, 7) is 0.610. The molecule has 9 heteroatoms. The van der Waals surface area contributed by atoms with Crippen LogP contribution in [0.2, 0.25) is 0 Å². The average Bonchev–Trinajstić information content (AvgIpc) is 3.32. The number of piperidine rings is 1. The molecule has 1 aromatic carbocycles. The molecule has 1 aliphatic rings. The molecule has 0 saturated carbocycles. The molecule has 4 heterocycles. The number of nitrogens with zero attached hydrogens (tertiary/aromatic N) is 5. The zero-order valence-corrected chi connectivity index (χ0v) is 19.3. The van der Waals surface area contributed by atoms with Crippen molar-refractivity contribution < 1.29 is 14.0 Å². The Balaban J connectivity index is 1.45. The lowest BCUT2D eigenvalue weighted by Crippen LogP contribution is -2.39. The first-order valence-electron chi connectivity index (χ1n) is 11.6. The number of pyridine rings is 1. The van der Waals surface area contributed by atoms with Crippen LogP contribution in [0.25, 0.3) is 5.65 Å². The van der Waals surface area contributed by atoms with Crippen LogP contribution >= 0.6 is 0 Å². The van der Waals surface area contributed by atoms with Gasteiger partial charge in [-0.25, -0.2) is 13.9 Å². The van der Waals surface area contributed by atoms with E-state index in [1.807, 2.05) is 17.0 Å². The second kappa shape index (κ2) is 9.61. The molecule has 1 aliphatic heterocycles. The Morgan fingerprint density at radius 3 is 2.80 bits per heavy atom. The number of halogens is 1. The fourth-order valence-electron chi connectivity index (χ4n) is 4.67. The fraction of sp³-hybridized carbons (Fsp3) is 0.269. The Bertz CT molecular complexity index is 1400. The van der Waals surface area contributed by atoms with Crippen LogP contribution in [0.5, 0.6) is 0 Å². The third kappa shape index (κ3) is 4.49. The Hall–Kier alpha value is -4.14. The highest BCUT2D eigenvalue weighted by molar-refractivity contribution is 5.99.